The van der Waals surface area contributed by atoms with Gasteiger partial charge in [0.2, 0.25) is 0 Å². The average Bonchev–Trinajstić information content (AvgIpc) is 2.41. The number of benzene rings is 2. The third-order valence-corrected chi connectivity index (χ3v) is 2.90. The van der Waals surface area contributed by atoms with Gasteiger partial charge in [0.25, 0.3) is 0 Å². The molecule has 2 aromatic carbocycles. The lowest BCUT2D eigenvalue weighted by Gasteiger charge is -2.14. The Balaban J connectivity index is 2.02. The van der Waals surface area contributed by atoms with Crippen LogP contribution < -0.4 is 15.0 Å². The molecule has 0 spiro atoms. The number of hydrogen-bond donors (Lipinski definition) is 1. The van der Waals surface area contributed by atoms with Crippen LogP contribution in [0.25, 0.3) is 0 Å². The second-order valence-corrected chi connectivity index (χ2v) is 5.26. The van der Waals surface area contributed by atoms with Gasteiger partial charge < -0.3 is 15.0 Å². The molecule has 0 unspecified atom stereocenters. The summed E-state index contributed by atoms with van der Waals surface area (Å²) in [5.41, 5.74) is 3.32. The lowest BCUT2D eigenvalue weighted by Crippen LogP contribution is -2.08. The standard InChI is InChI=1S/C17H22N2O/c1-13(2)20-17-11-7-15(8-12-17)18-14-5-9-16(10-6-14)19(3)4/h5-13,18H,1-4H3. The fraction of sp³-hybridized carbons (Fsp3) is 0.294. The molecular formula is C17H22N2O. The first kappa shape index (κ1) is 14.3. The zero-order valence-corrected chi connectivity index (χ0v) is 12.6. The van der Waals surface area contributed by atoms with Crippen LogP contribution in [0.15, 0.2) is 48.5 Å². The molecular weight excluding hydrogens is 248 g/mol. The Kier molecular flexibility index (Phi) is 4.51. The highest BCUT2D eigenvalue weighted by atomic mass is 16.5. The molecule has 2 rings (SSSR count). The molecule has 0 aliphatic carbocycles. The number of ether oxygens (including phenoxy) is 1. The summed E-state index contributed by atoms with van der Waals surface area (Å²) in [5, 5.41) is 3.38. The topological polar surface area (TPSA) is 24.5 Å². The Hall–Kier alpha value is -2.16. The molecule has 0 fully saturated rings. The smallest absolute Gasteiger partial charge is 0.119 e. The summed E-state index contributed by atoms with van der Waals surface area (Å²) in [6, 6.07) is 16.4. The summed E-state index contributed by atoms with van der Waals surface area (Å²) in [5.74, 6) is 0.897. The van der Waals surface area contributed by atoms with Gasteiger partial charge in [-0.1, -0.05) is 0 Å². The van der Waals surface area contributed by atoms with Gasteiger partial charge >= 0.3 is 0 Å². The minimum absolute atomic E-state index is 0.201. The van der Waals surface area contributed by atoms with Gasteiger partial charge in [0, 0.05) is 31.2 Å². The van der Waals surface area contributed by atoms with Gasteiger partial charge in [0.15, 0.2) is 0 Å². The number of nitrogens with one attached hydrogen (secondary N) is 1. The summed E-state index contributed by atoms with van der Waals surface area (Å²) < 4.78 is 5.63. The van der Waals surface area contributed by atoms with Crippen LogP contribution in [-0.4, -0.2) is 20.2 Å². The van der Waals surface area contributed by atoms with Crippen molar-refractivity contribution in [1.29, 1.82) is 0 Å². The minimum atomic E-state index is 0.201. The van der Waals surface area contributed by atoms with Crippen molar-refractivity contribution in [3.05, 3.63) is 48.5 Å². The van der Waals surface area contributed by atoms with E-state index in [4.69, 9.17) is 4.74 Å². The highest BCUT2D eigenvalue weighted by Crippen LogP contribution is 2.22. The summed E-state index contributed by atoms with van der Waals surface area (Å²) in [6.07, 6.45) is 0.201. The SMILES string of the molecule is CC(C)Oc1ccc(Nc2ccc(N(C)C)cc2)cc1. The maximum absolute atomic E-state index is 5.63. The van der Waals surface area contributed by atoms with Crippen LogP contribution >= 0.6 is 0 Å². The van der Waals surface area contributed by atoms with Crippen molar-refractivity contribution in [1.82, 2.24) is 0 Å². The van der Waals surface area contributed by atoms with E-state index >= 15 is 0 Å². The first-order chi connectivity index (χ1) is 9.54. The number of hydrogen-bond acceptors (Lipinski definition) is 3. The Morgan fingerprint density at radius 2 is 1.35 bits per heavy atom. The van der Waals surface area contributed by atoms with Crippen molar-refractivity contribution in [2.75, 3.05) is 24.3 Å². The van der Waals surface area contributed by atoms with Crippen LogP contribution in [-0.2, 0) is 0 Å². The van der Waals surface area contributed by atoms with Crippen LogP contribution in [0.5, 0.6) is 5.75 Å². The molecule has 0 aliphatic heterocycles. The van der Waals surface area contributed by atoms with Crippen molar-refractivity contribution >= 4 is 17.1 Å². The molecule has 0 saturated heterocycles. The van der Waals surface area contributed by atoms with Crippen molar-refractivity contribution in [3.8, 4) is 5.75 Å². The molecule has 3 heteroatoms. The largest absolute Gasteiger partial charge is 0.491 e. The molecule has 1 N–H and O–H groups in total. The molecule has 0 bridgehead atoms. The molecule has 0 saturated carbocycles. The van der Waals surface area contributed by atoms with E-state index < -0.39 is 0 Å². The zero-order valence-electron chi connectivity index (χ0n) is 12.6. The van der Waals surface area contributed by atoms with Crippen LogP contribution in [0, 0.1) is 0 Å². The van der Waals surface area contributed by atoms with Gasteiger partial charge in [-0.3, -0.25) is 0 Å². The van der Waals surface area contributed by atoms with Gasteiger partial charge in [-0.05, 0) is 62.4 Å². The minimum Gasteiger partial charge on any atom is -0.491 e. The van der Waals surface area contributed by atoms with Crippen LogP contribution in [0.3, 0.4) is 0 Å². The van der Waals surface area contributed by atoms with E-state index in [0.717, 1.165) is 17.1 Å². The van der Waals surface area contributed by atoms with E-state index in [2.05, 4.69) is 34.5 Å². The van der Waals surface area contributed by atoms with E-state index in [1.807, 2.05) is 52.2 Å². The Labute approximate surface area is 121 Å². The predicted octanol–water partition coefficient (Wildman–Crippen LogP) is 4.28. The maximum atomic E-state index is 5.63. The van der Waals surface area contributed by atoms with Crippen LogP contribution in [0.1, 0.15) is 13.8 Å². The molecule has 106 valence electrons. The Bertz CT molecular complexity index is 530. The van der Waals surface area contributed by atoms with E-state index in [9.17, 15) is 0 Å². The molecule has 0 amide bonds. The van der Waals surface area contributed by atoms with Crippen LogP contribution in [0.2, 0.25) is 0 Å². The van der Waals surface area contributed by atoms with Crippen molar-refractivity contribution in [2.45, 2.75) is 20.0 Å². The normalized spacial score (nSPS) is 10.4. The molecule has 20 heavy (non-hydrogen) atoms. The van der Waals surface area contributed by atoms with Gasteiger partial charge in [0.1, 0.15) is 5.75 Å². The molecule has 2 aromatic rings. The quantitative estimate of drug-likeness (QED) is 0.877. The molecule has 0 aliphatic rings. The van der Waals surface area contributed by atoms with Gasteiger partial charge in [0.05, 0.1) is 6.10 Å². The first-order valence-corrected chi connectivity index (χ1v) is 6.86. The number of rotatable bonds is 5. The summed E-state index contributed by atoms with van der Waals surface area (Å²) in [6.45, 7) is 4.05. The van der Waals surface area contributed by atoms with E-state index in [-0.39, 0.29) is 6.10 Å². The lowest BCUT2D eigenvalue weighted by molar-refractivity contribution is 0.242. The van der Waals surface area contributed by atoms with Crippen molar-refractivity contribution in [2.24, 2.45) is 0 Å². The van der Waals surface area contributed by atoms with E-state index in [1.54, 1.807) is 0 Å². The predicted molar refractivity (Wildman–Crippen MR) is 86.3 cm³/mol. The first-order valence-electron chi connectivity index (χ1n) is 6.86. The highest BCUT2D eigenvalue weighted by Gasteiger charge is 1.99. The molecule has 0 aromatic heterocycles. The number of nitrogens with zero attached hydrogens (tertiary/aromatic N) is 1. The fourth-order valence-electron chi connectivity index (χ4n) is 1.90. The summed E-state index contributed by atoms with van der Waals surface area (Å²) in [7, 11) is 4.08. The Morgan fingerprint density at radius 3 is 1.80 bits per heavy atom. The molecule has 0 heterocycles. The maximum Gasteiger partial charge on any atom is 0.119 e. The van der Waals surface area contributed by atoms with Crippen molar-refractivity contribution in [3.63, 3.8) is 0 Å². The molecule has 3 nitrogen and oxygen atoms in total. The number of anilines is 3. The van der Waals surface area contributed by atoms with Gasteiger partial charge in [-0.15, -0.1) is 0 Å². The van der Waals surface area contributed by atoms with Crippen LogP contribution in [0.4, 0.5) is 17.1 Å². The summed E-state index contributed by atoms with van der Waals surface area (Å²) in [4.78, 5) is 2.09. The third-order valence-electron chi connectivity index (χ3n) is 2.90. The molecule has 0 radical (unpaired) electrons. The van der Waals surface area contributed by atoms with Gasteiger partial charge in [-0.2, -0.15) is 0 Å². The average molecular weight is 270 g/mol. The van der Waals surface area contributed by atoms with E-state index in [1.165, 1.54) is 5.69 Å². The fourth-order valence-corrected chi connectivity index (χ4v) is 1.90. The lowest BCUT2D eigenvalue weighted by atomic mass is 10.2. The van der Waals surface area contributed by atoms with Crippen molar-refractivity contribution < 1.29 is 4.74 Å². The second-order valence-electron chi connectivity index (χ2n) is 5.26. The summed E-state index contributed by atoms with van der Waals surface area (Å²) >= 11 is 0. The van der Waals surface area contributed by atoms with E-state index in [0.29, 0.717) is 0 Å². The molecule has 0 atom stereocenters. The Morgan fingerprint density at radius 1 is 0.850 bits per heavy atom. The second kappa shape index (κ2) is 6.33. The van der Waals surface area contributed by atoms with Gasteiger partial charge in [-0.25, -0.2) is 0 Å². The monoisotopic (exact) mass is 270 g/mol. The zero-order chi connectivity index (χ0) is 14.5. The highest BCUT2D eigenvalue weighted by molar-refractivity contribution is 5.63. The third kappa shape index (κ3) is 3.92.